The largest absolute Gasteiger partial charge is 0.457 e. The van der Waals surface area contributed by atoms with Crippen molar-refractivity contribution in [3.05, 3.63) is 70.2 Å². The summed E-state index contributed by atoms with van der Waals surface area (Å²) in [7, 11) is 0. The van der Waals surface area contributed by atoms with Gasteiger partial charge in [0, 0.05) is 5.02 Å². The van der Waals surface area contributed by atoms with Crippen LogP contribution in [0, 0.1) is 23.5 Å². The SMILES string of the molecule is CC(=O)[C@@H]1CC(=O)O[C@H]1c1ccc(Cl)cc1.CCCC(C)CCC.CCc1cc(F)ccc1F. The molecule has 1 heterocycles. The second-order valence-electron chi connectivity index (χ2n) is 8.66. The normalized spacial score (nSPS) is 16.8. The summed E-state index contributed by atoms with van der Waals surface area (Å²) in [5, 5.41) is 0.618. The summed E-state index contributed by atoms with van der Waals surface area (Å²) in [6.45, 7) is 10.1. The Hall–Kier alpha value is -2.27. The van der Waals surface area contributed by atoms with Crippen molar-refractivity contribution in [2.24, 2.45) is 11.8 Å². The fourth-order valence-electron chi connectivity index (χ4n) is 3.81. The molecule has 2 aromatic carbocycles. The van der Waals surface area contributed by atoms with Crippen molar-refractivity contribution < 1.29 is 23.1 Å². The molecule has 0 aliphatic carbocycles. The number of ketones is 1. The average molecular weight is 495 g/mol. The van der Waals surface area contributed by atoms with E-state index in [1.807, 2.05) is 0 Å². The minimum Gasteiger partial charge on any atom is -0.457 e. The van der Waals surface area contributed by atoms with Crippen molar-refractivity contribution >= 4 is 23.4 Å². The van der Waals surface area contributed by atoms with Gasteiger partial charge >= 0.3 is 5.97 Å². The Morgan fingerprint density at radius 1 is 1.06 bits per heavy atom. The van der Waals surface area contributed by atoms with Crippen molar-refractivity contribution in [3.63, 3.8) is 0 Å². The van der Waals surface area contributed by atoms with Crippen LogP contribution in [0.15, 0.2) is 42.5 Å². The van der Waals surface area contributed by atoms with E-state index in [-0.39, 0.29) is 35.7 Å². The Labute approximate surface area is 207 Å². The predicted molar refractivity (Wildman–Crippen MR) is 134 cm³/mol. The van der Waals surface area contributed by atoms with Gasteiger partial charge in [-0.3, -0.25) is 9.59 Å². The van der Waals surface area contributed by atoms with E-state index >= 15 is 0 Å². The molecule has 188 valence electrons. The fraction of sp³-hybridized carbons (Fsp3) is 0.500. The monoisotopic (exact) mass is 494 g/mol. The average Bonchev–Trinajstić information content (AvgIpc) is 3.19. The molecule has 0 spiro atoms. The standard InChI is InChI=1S/C12H11ClO3.C8H8F2.C8H18/c1-7(14)10-6-11(15)16-12(10)8-2-4-9(13)5-3-8;1-2-6-5-7(9)3-4-8(6)10;1-4-6-8(3)7-5-2/h2-5,10,12H,6H2,1H3;3-5H,2H2,1H3;8H,4-7H2,1-3H3/t10-,12-;;/m0../s1. The van der Waals surface area contributed by atoms with E-state index in [1.165, 1.54) is 38.7 Å². The first-order valence-electron chi connectivity index (χ1n) is 12.0. The number of ether oxygens (including phenoxy) is 1. The van der Waals surface area contributed by atoms with E-state index < -0.39 is 6.10 Å². The van der Waals surface area contributed by atoms with E-state index in [1.54, 1.807) is 31.2 Å². The molecule has 0 aromatic heterocycles. The third kappa shape index (κ3) is 10.3. The highest BCUT2D eigenvalue weighted by Crippen LogP contribution is 2.36. The lowest BCUT2D eigenvalue weighted by atomic mass is 9.92. The van der Waals surface area contributed by atoms with E-state index in [9.17, 15) is 18.4 Å². The number of benzene rings is 2. The van der Waals surface area contributed by atoms with Gasteiger partial charge in [0.15, 0.2) is 0 Å². The molecule has 0 saturated carbocycles. The van der Waals surface area contributed by atoms with Crippen LogP contribution >= 0.6 is 11.6 Å². The summed E-state index contributed by atoms with van der Waals surface area (Å²) in [5.41, 5.74) is 1.25. The van der Waals surface area contributed by atoms with Crippen LogP contribution < -0.4 is 0 Å². The molecule has 0 radical (unpaired) electrons. The van der Waals surface area contributed by atoms with Crippen molar-refractivity contribution in [1.29, 1.82) is 0 Å². The van der Waals surface area contributed by atoms with Crippen molar-refractivity contribution in [2.75, 3.05) is 0 Å². The van der Waals surface area contributed by atoms with Crippen molar-refractivity contribution in [3.8, 4) is 0 Å². The molecule has 0 amide bonds. The molecule has 2 aromatic rings. The molecular formula is C28H37ClF2O3. The van der Waals surface area contributed by atoms with Crippen LogP contribution in [0.2, 0.25) is 5.02 Å². The maximum Gasteiger partial charge on any atom is 0.307 e. The summed E-state index contributed by atoms with van der Waals surface area (Å²) < 4.78 is 30.1. The number of esters is 1. The third-order valence-corrected chi connectivity index (χ3v) is 5.93. The van der Waals surface area contributed by atoms with Crippen LogP contribution in [0.25, 0.3) is 0 Å². The van der Waals surface area contributed by atoms with Crippen molar-refractivity contribution in [1.82, 2.24) is 0 Å². The molecule has 1 aliphatic heterocycles. The highest BCUT2D eigenvalue weighted by molar-refractivity contribution is 6.30. The highest BCUT2D eigenvalue weighted by Gasteiger charge is 2.38. The van der Waals surface area contributed by atoms with E-state index in [4.69, 9.17) is 16.3 Å². The molecule has 34 heavy (non-hydrogen) atoms. The van der Waals surface area contributed by atoms with Gasteiger partial charge in [0.25, 0.3) is 0 Å². The Bertz CT molecular complexity index is 893. The topological polar surface area (TPSA) is 43.4 Å². The zero-order chi connectivity index (χ0) is 25.7. The van der Waals surface area contributed by atoms with Crippen LogP contribution in [0.3, 0.4) is 0 Å². The Balaban J connectivity index is 0.000000277. The first-order chi connectivity index (χ1) is 16.1. The first-order valence-corrected chi connectivity index (χ1v) is 12.4. The van der Waals surface area contributed by atoms with Gasteiger partial charge in [0.1, 0.15) is 23.5 Å². The van der Waals surface area contributed by atoms with E-state index in [0.717, 1.165) is 23.6 Å². The number of halogens is 3. The molecule has 0 bridgehead atoms. The molecule has 0 unspecified atom stereocenters. The summed E-state index contributed by atoms with van der Waals surface area (Å²) in [4.78, 5) is 22.6. The van der Waals surface area contributed by atoms with Gasteiger partial charge in [-0.2, -0.15) is 0 Å². The number of Topliss-reactive ketones (excluding diaryl/α,β-unsaturated/α-hetero) is 1. The maximum atomic E-state index is 12.6. The predicted octanol–water partition coefficient (Wildman–Crippen LogP) is 8.28. The second kappa shape index (κ2) is 15.6. The summed E-state index contributed by atoms with van der Waals surface area (Å²) >= 11 is 5.77. The van der Waals surface area contributed by atoms with Crippen LogP contribution in [0.4, 0.5) is 8.78 Å². The third-order valence-electron chi connectivity index (χ3n) is 5.68. The minimum absolute atomic E-state index is 0.0224. The van der Waals surface area contributed by atoms with Crippen LogP contribution in [0.5, 0.6) is 0 Å². The van der Waals surface area contributed by atoms with E-state index in [2.05, 4.69) is 20.8 Å². The lowest BCUT2D eigenvalue weighted by molar-refractivity contribution is -0.141. The summed E-state index contributed by atoms with van der Waals surface area (Å²) in [6, 6.07) is 10.5. The maximum absolute atomic E-state index is 12.6. The number of hydrogen-bond acceptors (Lipinski definition) is 3. The zero-order valence-corrected chi connectivity index (χ0v) is 21.6. The highest BCUT2D eigenvalue weighted by atomic mass is 35.5. The van der Waals surface area contributed by atoms with Gasteiger partial charge in [-0.25, -0.2) is 8.78 Å². The number of carbonyl (C=O) groups is 2. The smallest absolute Gasteiger partial charge is 0.307 e. The first kappa shape index (κ1) is 29.8. The van der Waals surface area contributed by atoms with Gasteiger partial charge in [0.05, 0.1) is 12.3 Å². The number of hydrogen-bond donors (Lipinski definition) is 0. The molecule has 1 aliphatic rings. The zero-order valence-electron chi connectivity index (χ0n) is 20.9. The molecule has 6 heteroatoms. The Kier molecular flexibility index (Phi) is 13.7. The van der Waals surface area contributed by atoms with Crippen molar-refractivity contribution in [2.45, 2.75) is 79.2 Å². The number of cyclic esters (lactones) is 1. The molecule has 3 rings (SSSR count). The van der Waals surface area contributed by atoms with Gasteiger partial charge in [0.2, 0.25) is 0 Å². The molecule has 1 saturated heterocycles. The minimum atomic E-state index is -0.456. The number of carbonyl (C=O) groups excluding carboxylic acids is 2. The van der Waals surface area contributed by atoms with Crippen LogP contribution in [0.1, 0.15) is 84.0 Å². The van der Waals surface area contributed by atoms with Gasteiger partial charge in [-0.1, -0.05) is 77.1 Å². The number of aryl methyl sites for hydroxylation is 1. The molecule has 1 fully saturated rings. The molecule has 2 atom stereocenters. The second-order valence-corrected chi connectivity index (χ2v) is 9.09. The number of rotatable bonds is 7. The van der Waals surface area contributed by atoms with Gasteiger partial charge in [-0.15, -0.1) is 0 Å². The Morgan fingerprint density at radius 2 is 1.65 bits per heavy atom. The van der Waals surface area contributed by atoms with Gasteiger partial charge < -0.3 is 4.74 Å². The molecular weight excluding hydrogens is 458 g/mol. The lowest BCUT2D eigenvalue weighted by Gasteiger charge is -2.15. The van der Waals surface area contributed by atoms with Gasteiger partial charge in [-0.05, 0) is 60.7 Å². The summed E-state index contributed by atoms with van der Waals surface area (Å²) in [6.07, 6.45) is 5.76. The van der Waals surface area contributed by atoms with Crippen LogP contribution in [-0.2, 0) is 20.7 Å². The Morgan fingerprint density at radius 3 is 2.12 bits per heavy atom. The lowest BCUT2D eigenvalue weighted by Crippen LogP contribution is -2.15. The summed E-state index contributed by atoms with van der Waals surface area (Å²) in [5.74, 6) is -0.452. The molecule has 0 N–H and O–H groups in total. The quantitative estimate of drug-likeness (QED) is 0.363. The van der Waals surface area contributed by atoms with E-state index in [0.29, 0.717) is 17.0 Å². The fourth-order valence-corrected chi connectivity index (χ4v) is 3.94. The molecule has 3 nitrogen and oxygen atoms in total. The van der Waals surface area contributed by atoms with Crippen LogP contribution in [-0.4, -0.2) is 11.8 Å².